The number of rotatable bonds is 5. The molecule has 0 unspecified atom stereocenters. The highest BCUT2D eigenvalue weighted by molar-refractivity contribution is 5.39. The lowest BCUT2D eigenvalue weighted by Crippen LogP contribution is -2.31. The molecule has 3 aromatic rings. The van der Waals surface area contributed by atoms with Crippen LogP contribution in [0.1, 0.15) is 41.7 Å². The van der Waals surface area contributed by atoms with Gasteiger partial charge in [0.1, 0.15) is 5.82 Å². The molecule has 29 heavy (non-hydrogen) atoms. The summed E-state index contributed by atoms with van der Waals surface area (Å²) in [4.78, 5) is 11.4. The zero-order valence-electron chi connectivity index (χ0n) is 16.3. The van der Waals surface area contributed by atoms with Gasteiger partial charge in [-0.3, -0.25) is 4.90 Å². The van der Waals surface area contributed by atoms with Crippen LogP contribution in [0.3, 0.4) is 0 Å². The summed E-state index contributed by atoms with van der Waals surface area (Å²) in [7, 11) is 0. The molecule has 0 bridgehead atoms. The molecule has 0 spiro atoms. The fraction of sp³-hybridized carbons (Fsp3) is 0.364. The quantitative estimate of drug-likeness (QED) is 0.617. The van der Waals surface area contributed by atoms with Crippen molar-refractivity contribution < 1.29 is 13.2 Å². The number of aromatic nitrogens is 3. The molecule has 1 aromatic carbocycles. The van der Waals surface area contributed by atoms with Crippen molar-refractivity contribution in [2.45, 2.75) is 45.5 Å². The van der Waals surface area contributed by atoms with E-state index in [9.17, 15) is 13.2 Å². The van der Waals surface area contributed by atoms with Gasteiger partial charge in [-0.15, -0.1) is 0 Å². The molecule has 0 saturated heterocycles. The predicted molar refractivity (Wildman–Crippen MR) is 105 cm³/mol. The Kier molecular flexibility index (Phi) is 5.41. The Morgan fingerprint density at radius 2 is 2.00 bits per heavy atom. The summed E-state index contributed by atoms with van der Waals surface area (Å²) in [5.74, 6) is 0.901. The molecule has 152 valence electrons. The van der Waals surface area contributed by atoms with Gasteiger partial charge in [0.25, 0.3) is 0 Å². The van der Waals surface area contributed by atoms with Crippen LogP contribution in [0.25, 0.3) is 5.69 Å². The van der Waals surface area contributed by atoms with Crippen molar-refractivity contribution in [1.29, 1.82) is 0 Å². The highest BCUT2D eigenvalue weighted by atomic mass is 19.4. The van der Waals surface area contributed by atoms with Crippen molar-refractivity contribution in [1.82, 2.24) is 19.4 Å². The average Bonchev–Trinajstić information content (AvgIpc) is 3.16. The second kappa shape index (κ2) is 7.99. The molecule has 0 atom stereocenters. The van der Waals surface area contributed by atoms with Gasteiger partial charge in [-0.2, -0.15) is 13.2 Å². The maximum atomic E-state index is 13.1. The van der Waals surface area contributed by atoms with E-state index in [1.807, 2.05) is 29.1 Å². The molecule has 0 fully saturated rings. The van der Waals surface area contributed by atoms with Gasteiger partial charge in [0.2, 0.25) is 0 Å². The maximum absolute atomic E-state index is 13.1. The summed E-state index contributed by atoms with van der Waals surface area (Å²) >= 11 is 0. The highest BCUT2D eigenvalue weighted by Crippen LogP contribution is 2.31. The van der Waals surface area contributed by atoms with E-state index in [0.29, 0.717) is 12.2 Å². The van der Waals surface area contributed by atoms with Crippen molar-refractivity contribution in [3.8, 4) is 5.69 Å². The molecule has 0 N–H and O–H groups in total. The van der Waals surface area contributed by atoms with Crippen molar-refractivity contribution in [2.75, 3.05) is 6.54 Å². The zero-order chi connectivity index (χ0) is 20.4. The molecule has 0 saturated carbocycles. The minimum absolute atomic E-state index is 0.518. The molecule has 0 radical (unpaired) electrons. The van der Waals surface area contributed by atoms with Crippen molar-refractivity contribution in [2.24, 2.45) is 0 Å². The SMILES string of the molecule is CCCc1ncc2c(n1)CCN(Cc1cccn1-c1cccc(C(F)(F)F)c1)C2. The van der Waals surface area contributed by atoms with E-state index in [0.717, 1.165) is 61.2 Å². The van der Waals surface area contributed by atoms with Crippen LogP contribution < -0.4 is 0 Å². The third-order valence-corrected chi connectivity index (χ3v) is 5.21. The van der Waals surface area contributed by atoms with Gasteiger partial charge in [0.15, 0.2) is 0 Å². The lowest BCUT2D eigenvalue weighted by atomic mass is 10.1. The van der Waals surface area contributed by atoms with Crippen molar-refractivity contribution in [3.63, 3.8) is 0 Å². The molecule has 0 amide bonds. The number of benzene rings is 1. The van der Waals surface area contributed by atoms with Crippen molar-refractivity contribution >= 4 is 0 Å². The van der Waals surface area contributed by atoms with Gasteiger partial charge in [0.05, 0.1) is 5.56 Å². The summed E-state index contributed by atoms with van der Waals surface area (Å²) in [6.07, 6.45) is 2.16. The Morgan fingerprint density at radius 1 is 1.14 bits per heavy atom. The molecule has 7 heteroatoms. The molecular weight excluding hydrogens is 377 g/mol. The van der Waals surface area contributed by atoms with E-state index in [-0.39, 0.29) is 0 Å². The number of alkyl halides is 3. The van der Waals surface area contributed by atoms with E-state index in [4.69, 9.17) is 0 Å². The fourth-order valence-corrected chi connectivity index (χ4v) is 3.75. The first-order valence-corrected chi connectivity index (χ1v) is 9.84. The predicted octanol–water partition coefficient (Wildman–Crippen LogP) is 4.80. The molecule has 1 aliphatic heterocycles. The lowest BCUT2D eigenvalue weighted by Gasteiger charge is -2.28. The second-order valence-corrected chi connectivity index (χ2v) is 7.39. The number of halogens is 3. The molecule has 3 heterocycles. The van der Waals surface area contributed by atoms with Gasteiger partial charge < -0.3 is 4.57 Å². The number of aryl methyl sites for hydroxylation is 1. The zero-order valence-corrected chi connectivity index (χ0v) is 16.3. The molecule has 4 nitrogen and oxygen atoms in total. The first kappa shape index (κ1) is 19.6. The summed E-state index contributed by atoms with van der Waals surface area (Å²) < 4.78 is 41.0. The molecular formula is C22H23F3N4. The Labute approximate surface area is 168 Å². The molecule has 1 aliphatic rings. The monoisotopic (exact) mass is 400 g/mol. The second-order valence-electron chi connectivity index (χ2n) is 7.39. The van der Waals surface area contributed by atoms with Crippen LogP contribution in [0.5, 0.6) is 0 Å². The van der Waals surface area contributed by atoms with Gasteiger partial charge in [0, 0.05) is 67.5 Å². The fourth-order valence-electron chi connectivity index (χ4n) is 3.75. The molecule has 0 aliphatic carbocycles. The topological polar surface area (TPSA) is 34.0 Å². The summed E-state index contributed by atoms with van der Waals surface area (Å²) in [6, 6.07) is 9.26. The number of fused-ring (bicyclic) bond motifs is 1. The molecule has 2 aromatic heterocycles. The Bertz CT molecular complexity index is 994. The van der Waals surface area contributed by atoms with E-state index in [2.05, 4.69) is 21.8 Å². The smallest absolute Gasteiger partial charge is 0.320 e. The van der Waals surface area contributed by atoms with Gasteiger partial charge in [-0.05, 0) is 36.8 Å². The Balaban J connectivity index is 1.52. The van der Waals surface area contributed by atoms with Gasteiger partial charge in [-0.25, -0.2) is 9.97 Å². The number of hydrogen-bond donors (Lipinski definition) is 0. The summed E-state index contributed by atoms with van der Waals surface area (Å²) in [6.45, 7) is 4.38. The van der Waals surface area contributed by atoms with Crippen LogP contribution in [-0.4, -0.2) is 26.0 Å². The minimum atomic E-state index is -4.35. The largest absolute Gasteiger partial charge is 0.416 e. The highest BCUT2D eigenvalue weighted by Gasteiger charge is 2.30. The van der Waals surface area contributed by atoms with Gasteiger partial charge in [-0.1, -0.05) is 13.0 Å². The van der Waals surface area contributed by atoms with E-state index in [1.54, 1.807) is 6.07 Å². The van der Waals surface area contributed by atoms with Gasteiger partial charge >= 0.3 is 6.18 Å². The van der Waals surface area contributed by atoms with E-state index >= 15 is 0 Å². The Morgan fingerprint density at radius 3 is 2.79 bits per heavy atom. The van der Waals surface area contributed by atoms with Crippen LogP contribution in [-0.2, 0) is 32.1 Å². The number of hydrogen-bond acceptors (Lipinski definition) is 3. The van der Waals surface area contributed by atoms with Crippen LogP contribution in [0.2, 0.25) is 0 Å². The first-order valence-electron chi connectivity index (χ1n) is 9.84. The van der Waals surface area contributed by atoms with Crippen LogP contribution >= 0.6 is 0 Å². The standard InChI is InChI=1S/C22H23F3N4/c1-2-5-21-26-13-16-14-28(11-9-20(16)27-21)15-19-8-4-10-29(19)18-7-3-6-17(12-18)22(23,24)25/h3-4,6-8,10,12-13H,2,5,9,11,14-15H2,1H3. The minimum Gasteiger partial charge on any atom is -0.320 e. The van der Waals surface area contributed by atoms with E-state index in [1.165, 1.54) is 12.1 Å². The Hall–Kier alpha value is -2.67. The van der Waals surface area contributed by atoms with Crippen molar-refractivity contribution in [3.05, 3.63) is 77.1 Å². The van der Waals surface area contributed by atoms with Crippen LogP contribution in [0, 0.1) is 0 Å². The maximum Gasteiger partial charge on any atom is 0.416 e. The average molecular weight is 400 g/mol. The third-order valence-electron chi connectivity index (χ3n) is 5.21. The third kappa shape index (κ3) is 4.34. The van der Waals surface area contributed by atoms with E-state index < -0.39 is 11.7 Å². The first-order chi connectivity index (χ1) is 13.9. The lowest BCUT2D eigenvalue weighted by molar-refractivity contribution is -0.137. The summed E-state index contributed by atoms with van der Waals surface area (Å²) in [5.41, 5.74) is 3.09. The summed E-state index contributed by atoms with van der Waals surface area (Å²) in [5, 5.41) is 0. The molecule has 4 rings (SSSR count). The number of nitrogens with zero attached hydrogens (tertiary/aromatic N) is 4. The van der Waals surface area contributed by atoms with Crippen LogP contribution in [0.15, 0.2) is 48.8 Å². The normalized spacial score (nSPS) is 14.8. The van der Waals surface area contributed by atoms with Crippen LogP contribution in [0.4, 0.5) is 13.2 Å².